The van der Waals surface area contributed by atoms with Gasteiger partial charge in [0, 0.05) is 15.8 Å². The number of carbonyl (C=O) groups is 1. The highest BCUT2D eigenvalue weighted by Crippen LogP contribution is 2.19. The first kappa shape index (κ1) is 18.7. The minimum atomic E-state index is 0.0437. The topological polar surface area (TPSA) is 17.1 Å². The van der Waals surface area contributed by atoms with Crippen molar-refractivity contribution in [2.45, 2.75) is 77.6 Å². The van der Waals surface area contributed by atoms with Crippen LogP contribution in [-0.2, 0) is 6.42 Å². The highest BCUT2D eigenvalue weighted by molar-refractivity contribution is 7.10. The molecule has 1 rings (SSSR count). The largest absolute Gasteiger partial charge is 0.293 e. The summed E-state index contributed by atoms with van der Waals surface area (Å²) in [5, 5.41) is 1.94. The third-order valence-corrected chi connectivity index (χ3v) is 5.11. The molecular weight excluding hydrogens is 300 g/mol. The molecule has 0 amide bonds. The average molecular weight is 329 g/mol. The van der Waals surface area contributed by atoms with E-state index >= 15 is 0 Å². The quantitative estimate of drug-likeness (QED) is 0.225. The van der Waals surface area contributed by atoms with Crippen LogP contribution in [0.2, 0.25) is 0 Å². The number of Topliss-reactive ketones (excluding diaryl/α,β-unsaturated/α-hetero) is 1. The van der Waals surface area contributed by atoms with Crippen LogP contribution in [0.25, 0.3) is 0 Å². The number of hydrogen-bond donors (Lipinski definition) is 0. The molecule has 0 unspecified atom stereocenters. The number of halogens is 1. The molecule has 0 radical (unpaired) electrons. The highest BCUT2D eigenvalue weighted by atomic mass is 35.5. The van der Waals surface area contributed by atoms with Gasteiger partial charge in [0.25, 0.3) is 0 Å². The van der Waals surface area contributed by atoms with Crippen molar-refractivity contribution in [1.82, 2.24) is 0 Å². The number of ketones is 1. The van der Waals surface area contributed by atoms with Gasteiger partial charge in [-0.1, -0.05) is 64.7 Å². The van der Waals surface area contributed by atoms with Crippen LogP contribution in [0.15, 0.2) is 11.4 Å². The minimum Gasteiger partial charge on any atom is -0.293 e. The third-order valence-electron chi connectivity index (χ3n) is 3.87. The van der Waals surface area contributed by atoms with Gasteiger partial charge < -0.3 is 0 Å². The second kappa shape index (κ2) is 12.2. The molecule has 0 N–H and O–H groups in total. The van der Waals surface area contributed by atoms with Crippen molar-refractivity contribution in [2.24, 2.45) is 0 Å². The number of rotatable bonds is 13. The smallest absolute Gasteiger partial charge is 0.178 e. The third kappa shape index (κ3) is 8.63. The summed E-state index contributed by atoms with van der Waals surface area (Å²) >= 11 is 7.26. The van der Waals surface area contributed by atoms with Gasteiger partial charge in [-0.05, 0) is 18.9 Å². The molecule has 0 spiro atoms. The van der Waals surface area contributed by atoms with Gasteiger partial charge in [-0.2, -0.15) is 0 Å². The van der Waals surface area contributed by atoms with E-state index in [-0.39, 0.29) is 11.7 Å². The van der Waals surface area contributed by atoms with E-state index in [0.717, 1.165) is 12.0 Å². The van der Waals surface area contributed by atoms with Crippen LogP contribution in [0.3, 0.4) is 0 Å². The zero-order valence-electron chi connectivity index (χ0n) is 13.3. The molecule has 1 aromatic heterocycles. The Morgan fingerprint density at radius 3 is 2.14 bits per heavy atom. The van der Waals surface area contributed by atoms with E-state index in [9.17, 15) is 4.79 Å². The van der Waals surface area contributed by atoms with Gasteiger partial charge in [-0.3, -0.25) is 4.79 Å². The van der Waals surface area contributed by atoms with E-state index < -0.39 is 0 Å². The lowest BCUT2D eigenvalue weighted by Gasteiger charge is -2.01. The van der Waals surface area contributed by atoms with Crippen LogP contribution in [0.4, 0.5) is 0 Å². The van der Waals surface area contributed by atoms with Crippen LogP contribution in [0, 0.1) is 0 Å². The molecule has 0 saturated carbocycles. The molecule has 1 nitrogen and oxygen atoms in total. The zero-order chi connectivity index (χ0) is 15.3. The predicted octanol–water partition coefficient (Wildman–Crippen LogP) is 6.63. The van der Waals surface area contributed by atoms with Crippen molar-refractivity contribution in [2.75, 3.05) is 5.88 Å². The molecule has 3 heteroatoms. The molecule has 120 valence electrons. The molecule has 0 saturated heterocycles. The molecule has 1 heterocycles. The van der Waals surface area contributed by atoms with Crippen LogP contribution in [0.1, 0.15) is 86.4 Å². The zero-order valence-corrected chi connectivity index (χ0v) is 14.9. The number of hydrogen-bond acceptors (Lipinski definition) is 2. The molecule has 0 bridgehead atoms. The second-order valence-electron chi connectivity index (χ2n) is 5.79. The van der Waals surface area contributed by atoms with Gasteiger partial charge in [-0.15, -0.1) is 22.9 Å². The fourth-order valence-electron chi connectivity index (χ4n) is 2.52. The van der Waals surface area contributed by atoms with Gasteiger partial charge in [-0.25, -0.2) is 0 Å². The van der Waals surface area contributed by atoms with Crippen LogP contribution >= 0.6 is 22.9 Å². The van der Waals surface area contributed by atoms with Crippen LogP contribution in [0.5, 0.6) is 0 Å². The summed E-state index contributed by atoms with van der Waals surface area (Å²) in [5.41, 5.74) is 0.789. The lowest BCUT2D eigenvalue weighted by atomic mass is 10.1. The molecule has 0 atom stereocenters. The molecule has 21 heavy (non-hydrogen) atoms. The Hall–Kier alpha value is -0.340. The molecule has 0 aliphatic carbocycles. The van der Waals surface area contributed by atoms with E-state index in [1.807, 2.05) is 11.4 Å². The van der Waals surface area contributed by atoms with Gasteiger partial charge in [0.15, 0.2) is 5.78 Å². The fourth-order valence-corrected chi connectivity index (χ4v) is 3.61. The summed E-state index contributed by atoms with van der Waals surface area (Å²) in [7, 11) is 0. The molecular formula is C18H29ClOS. The summed E-state index contributed by atoms with van der Waals surface area (Å²) in [4.78, 5) is 12.8. The Kier molecular flexibility index (Phi) is 10.9. The Morgan fingerprint density at radius 2 is 1.57 bits per heavy atom. The number of alkyl halides is 1. The summed E-state index contributed by atoms with van der Waals surface area (Å²) in [5.74, 6) is 0.135. The summed E-state index contributed by atoms with van der Waals surface area (Å²) in [6, 6.07) is 2.02. The van der Waals surface area contributed by atoms with Crippen molar-refractivity contribution in [1.29, 1.82) is 0 Å². The maximum atomic E-state index is 11.4. The van der Waals surface area contributed by atoms with E-state index in [0.29, 0.717) is 0 Å². The molecule has 1 aromatic rings. The maximum Gasteiger partial charge on any atom is 0.178 e. The first-order chi connectivity index (χ1) is 10.3. The van der Waals surface area contributed by atoms with E-state index in [1.54, 1.807) is 11.3 Å². The molecule has 0 aliphatic heterocycles. The van der Waals surface area contributed by atoms with Gasteiger partial charge in [0.1, 0.15) is 0 Å². The molecule has 0 aromatic carbocycles. The Morgan fingerprint density at radius 1 is 1.00 bits per heavy atom. The Bertz CT molecular complexity index is 386. The highest BCUT2D eigenvalue weighted by Gasteiger charge is 2.07. The average Bonchev–Trinajstić information content (AvgIpc) is 2.97. The first-order valence-electron chi connectivity index (χ1n) is 8.44. The van der Waals surface area contributed by atoms with Crippen LogP contribution < -0.4 is 0 Å². The second-order valence-corrected chi connectivity index (χ2v) is 7.05. The number of aryl methyl sites for hydroxylation is 1. The standard InChI is InChI=1S/C18H29ClOS/c1-2-3-4-5-6-7-8-9-10-11-12-17-13-16(15-21-17)18(20)14-19/h13,15H,2-12,14H2,1H3. The molecule has 0 fully saturated rings. The van der Waals surface area contributed by atoms with Crippen molar-refractivity contribution in [3.8, 4) is 0 Å². The Balaban J connectivity index is 1.97. The van der Waals surface area contributed by atoms with Crippen molar-refractivity contribution >= 4 is 28.7 Å². The lowest BCUT2D eigenvalue weighted by molar-refractivity contribution is 0.102. The normalized spacial score (nSPS) is 11.0. The lowest BCUT2D eigenvalue weighted by Crippen LogP contribution is -1.97. The van der Waals surface area contributed by atoms with E-state index in [4.69, 9.17) is 11.6 Å². The van der Waals surface area contributed by atoms with Gasteiger partial charge in [0.05, 0.1) is 5.88 Å². The van der Waals surface area contributed by atoms with Crippen molar-refractivity contribution < 1.29 is 4.79 Å². The minimum absolute atomic E-state index is 0.0437. The van der Waals surface area contributed by atoms with Crippen LogP contribution in [-0.4, -0.2) is 11.7 Å². The maximum absolute atomic E-state index is 11.4. The van der Waals surface area contributed by atoms with Gasteiger partial charge >= 0.3 is 0 Å². The first-order valence-corrected chi connectivity index (χ1v) is 9.86. The summed E-state index contributed by atoms with van der Waals surface area (Å²) < 4.78 is 0. The van der Waals surface area contributed by atoms with E-state index in [1.165, 1.54) is 69.1 Å². The van der Waals surface area contributed by atoms with Gasteiger partial charge in [0.2, 0.25) is 0 Å². The van der Waals surface area contributed by atoms with Crippen molar-refractivity contribution in [3.63, 3.8) is 0 Å². The number of carbonyl (C=O) groups excluding carboxylic acids is 1. The van der Waals surface area contributed by atoms with E-state index in [2.05, 4.69) is 6.92 Å². The summed E-state index contributed by atoms with van der Waals surface area (Å²) in [6.45, 7) is 2.27. The monoisotopic (exact) mass is 328 g/mol. The fraction of sp³-hybridized carbons (Fsp3) is 0.722. The Labute approximate surface area is 139 Å². The SMILES string of the molecule is CCCCCCCCCCCCc1cc(C(=O)CCl)cs1. The predicted molar refractivity (Wildman–Crippen MR) is 94.9 cm³/mol. The molecule has 0 aliphatic rings. The number of unbranched alkanes of at least 4 members (excludes halogenated alkanes) is 9. The number of thiophene rings is 1. The summed E-state index contributed by atoms with van der Waals surface area (Å²) in [6.07, 6.45) is 14.8. The van der Waals surface area contributed by atoms with Crippen molar-refractivity contribution in [3.05, 3.63) is 21.9 Å².